The molecule has 10 nitrogen and oxygen atoms in total. The van der Waals surface area contributed by atoms with E-state index in [-0.39, 0.29) is 23.7 Å². The van der Waals surface area contributed by atoms with Crippen molar-refractivity contribution in [3.63, 3.8) is 0 Å². The zero-order chi connectivity index (χ0) is 15.7. The summed E-state index contributed by atoms with van der Waals surface area (Å²) in [4.78, 5) is 0. The number of rotatable bonds is 0. The fourth-order valence-electron chi connectivity index (χ4n) is 1.08. The van der Waals surface area contributed by atoms with E-state index in [1.165, 1.54) is 0 Å². The molecule has 0 bridgehead atoms. The van der Waals surface area contributed by atoms with Crippen LogP contribution >= 0.6 is 0 Å². The van der Waals surface area contributed by atoms with Crippen molar-refractivity contribution in [1.82, 2.24) is 10.2 Å². The van der Waals surface area contributed by atoms with Crippen LogP contribution in [0.15, 0.2) is 24.3 Å². The van der Waals surface area contributed by atoms with E-state index in [1.54, 1.807) is 24.3 Å². The molecule has 0 saturated carbocycles. The number of benzene rings is 1. The van der Waals surface area contributed by atoms with Crippen molar-refractivity contribution in [1.29, 1.82) is 10.8 Å². The molecular formula is C10H16N8O2. The van der Waals surface area contributed by atoms with Gasteiger partial charge in [-0.2, -0.15) is 0 Å². The van der Waals surface area contributed by atoms with Crippen LogP contribution in [0, 0.1) is 10.8 Å². The lowest BCUT2D eigenvalue weighted by Gasteiger charge is -1.98. The highest BCUT2D eigenvalue weighted by atomic mass is 16.3. The van der Waals surface area contributed by atoms with Crippen LogP contribution < -0.4 is 22.9 Å². The Hall–Kier alpha value is -3.30. The molecule has 0 aliphatic carbocycles. The van der Waals surface area contributed by atoms with Crippen LogP contribution in [-0.2, 0) is 0 Å². The van der Waals surface area contributed by atoms with Gasteiger partial charge in [-0.05, 0) is 12.1 Å². The molecule has 0 radical (unpaired) electrons. The molecule has 12 N–H and O–H groups in total. The Kier molecular flexibility index (Phi) is 6.61. The average Bonchev–Trinajstić information content (AvgIpc) is 2.33. The number of nitrogens with two attached hydrogens (primary N) is 4. The summed E-state index contributed by atoms with van der Waals surface area (Å²) in [7, 11) is 0. The predicted molar refractivity (Wildman–Crippen MR) is 75.1 cm³/mol. The molecule has 0 saturated heterocycles. The van der Waals surface area contributed by atoms with Gasteiger partial charge in [-0.1, -0.05) is 12.1 Å². The maximum absolute atomic E-state index is 9.21. The molecule has 20 heavy (non-hydrogen) atoms. The van der Waals surface area contributed by atoms with Gasteiger partial charge in [-0.25, -0.2) is 0 Å². The van der Waals surface area contributed by atoms with Gasteiger partial charge in [0.25, 0.3) is 0 Å². The van der Waals surface area contributed by atoms with Crippen molar-refractivity contribution < 1.29 is 10.2 Å². The van der Waals surface area contributed by atoms with E-state index in [0.717, 1.165) is 0 Å². The quantitative estimate of drug-likeness (QED) is 0.214. The topological polar surface area (TPSA) is 218 Å². The Morgan fingerprint density at radius 2 is 1.05 bits per heavy atom. The third-order valence-electron chi connectivity index (χ3n) is 1.65. The molecule has 1 aromatic carbocycles. The first-order valence-electron chi connectivity index (χ1n) is 5.08. The fourth-order valence-corrected chi connectivity index (χ4v) is 1.08. The minimum atomic E-state index is -0.333. The summed E-state index contributed by atoms with van der Waals surface area (Å²) in [5.41, 5.74) is 17.9. The lowest BCUT2D eigenvalue weighted by atomic mass is 10.2. The van der Waals surface area contributed by atoms with Gasteiger partial charge in [0, 0.05) is 0 Å². The lowest BCUT2D eigenvalue weighted by Crippen LogP contribution is -2.20. The second kappa shape index (κ2) is 7.92. The number of nitrogens with one attached hydrogen (secondary N) is 2. The van der Waals surface area contributed by atoms with Crippen LogP contribution in [0.4, 0.5) is 0 Å². The summed E-state index contributed by atoms with van der Waals surface area (Å²) in [5.74, 6) is -0.994. The molecule has 0 aliphatic heterocycles. The van der Waals surface area contributed by atoms with Gasteiger partial charge >= 0.3 is 0 Å². The van der Waals surface area contributed by atoms with Gasteiger partial charge in [0.15, 0.2) is 11.9 Å². The number of guanidine groups is 2. The highest BCUT2D eigenvalue weighted by Crippen LogP contribution is 2.26. The number of aromatic hydroxyl groups is 2. The van der Waals surface area contributed by atoms with Crippen LogP contribution in [0.1, 0.15) is 0 Å². The highest BCUT2D eigenvalue weighted by molar-refractivity contribution is 5.89. The number of aromatic nitrogens is 2. The zero-order valence-electron chi connectivity index (χ0n) is 10.4. The van der Waals surface area contributed by atoms with E-state index in [0.29, 0.717) is 10.8 Å². The molecular weight excluding hydrogens is 264 g/mol. The van der Waals surface area contributed by atoms with E-state index in [2.05, 4.69) is 33.1 Å². The highest BCUT2D eigenvalue weighted by Gasteiger charge is 2.04. The van der Waals surface area contributed by atoms with Crippen molar-refractivity contribution >= 4 is 22.7 Å². The van der Waals surface area contributed by atoms with Crippen molar-refractivity contribution in [2.75, 3.05) is 0 Å². The maximum atomic E-state index is 9.21. The molecule has 10 heteroatoms. The SMILES string of the molecule is N=C(N)N.N=C(N)N.Oc1nnc(O)c2ccccc12. The Morgan fingerprint density at radius 3 is 1.30 bits per heavy atom. The fraction of sp³-hybridized carbons (Fsp3) is 0. The van der Waals surface area contributed by atoms with Crippen LogP contribution in [0.25, 0.3) is 10.8 Å². The average molecular weight is 280 g/mol. The lowest BCUT2D eigenvalue weighted by molar-refractivity contribution is 0.424. The van der Waals surface area contributed by atoms with Crippen molar-refractivity contribution in [2.24, 2.45) is 22.9 Å². The summed E-state index contributed by atoms with van der Waals surface area (Å²) in [6.07, 6.45) is 0. The summed E-state index contributed by atoms with van der Waals surface area (Å²) < 4.78 is 0. The molecule has 2 aromatic rings. The summed E-state index contributed by atoms with van der Waals surface area (Å²) in [6, 6.07) is 6.84. The molecule has 1 heterocycles. The van der Waals surface area contributed by atoms with E-state index in [1.807, 2.05) is 0 Å². The largest absolute Gasteiger partial charge is 0.492 e. The van der Waals surface area contributed by atoms with Crippen LogP contribution in [0.2, 0.25) is 0 Å². The van der Waals surface area contributed by atoms with E-state index in [4.69, 9.17) is 10.8 Å². The second-order valence-corrected chi connectivity index (χ2v) is 3.30. The third-order valence-corrected chi connectivity index (χ3v) is 1.65. The van der Waals surface area contributed by atoms with Gasteiger partial charge in [-0.15, -0.1) is 10.2 Å². The number of fused-ring (bicyclic) bond motifs is 1. The Labute approximate surface area is 114 Å². The van der Waals surface area contributed by atoms with E-state index < -0.39 is 0 Å². The number of hydrogen-bond donors (Lipinski definition) is 8. The van der Waals surface area contributed by atoms with Crippen molar-refractivity contribution in [2.45, 2.75) is 0 Å². The monoisotopic (exact) mass is 280 g/mol. The summed E-state index contributed by atoms with van der Waals surface area (Å²) >= 11 is 0. The standard InChI is InChI=1S/C8H6N2O2.2CH5N3/c11-7-5-3-1-2-4-6(5)8(12)10-9-7;2*2-1(3)4/h1-4H,(H,9,11)(H,10,12);2*(H5,2,3,4). The van der Waals surface area contributed by atoms with Gasteiger partial charge in [0.2, 0.25) is 11.8 Å². The molecule has 0 aliphatic rings. The van der Waals surface area contributed by atoms with Crippen LogP contribution in [-0.4, -0.2) is 32.3 Å². The Morgan fingerprint density at radius 1 is 0.800 bits per heavy atom. The molecule has 0 atom stereocenters. The second-order valence-electron chi connectivity index (χ2n) is 3.30. The summed E-state index contributed by atoms with van der Waals surface area (Å²) in [5, 5.41) is 38.3. The molecule has 108 valence electrons. The van der Waals surface area contributed by atoms with Gasteiger partial charge in [-0.3, -0.25) is 10.8 Å². The van der Waals surface area contributed by atoms with E-state index in [9.17, 15) is 10.2 Å². The van der Waals surface area contributed by atoms with Crippen molar-refractivity contribution in [3.05, 3.63) is 24.3 Å². The predicted octanol–water partition coefficient (Wildman–Crippen LogP) is -1.28. The molecule has 1 aromatic heterocycles. The smallest absolute Gasteiger partial charge is 0.239 e. The summed E-state index contributed by atoms with van der Waals surface area (Å²) in [6.45, 7) is 0. The number of nitrogens with zero attached hydrogens (tertiary/aromatic N) is 2. The number of hydrogen-bond acceptors (Lipinski definition) is 6. The maximum Gasteiger partial charge on any atom is 0.239 e. The molecule has 0 spiro atoms. The first kappa shape index (κ1) is 16.7. The van der Waals surface area contributed by atoms with Crippen molar-refractivity contribution in [3.8, 4) is 11.8 Å². The minimum absolute atomic E-state index is 0.164. The minimum Gasteiger partial charge on any atom is -0.492 e. The van der Waals surface area contributed by atoms with Crippen LogP contribution in [0.5, 0.6) is 11.8 Å². The molecule has 0 fully saturated rings. The van der Waals surface area contributed by atoms with E-state index >= 15 is 0 Å². The molecule has 0 unspecified atom stereocenters. The molecule has 0 amide bonds. The Bertz CT molecular complexity index is 540. The van der Waals surface area contributed by atoms with Gasteiger partial charge in [0.1, 0.15) is 0 Å². The Balaban J connectivity index is 0.000000380. The van der Waals surface area contributed by atoms with Gasteiger partial charge in [0.05, 0.1) is 10.8 Å². The normalized spacial score (nSPS) is 8.60. The first-order valence-corrected chi connectivity index (χ1v) is 5.08. The third kappa shape index (κ3) is 6.44. The van der Waals surface area contributed by atoms with Gasteiger partial charge < -0.3 is 33.1 Å². The van der Waals surface area contributed by atoms with Crippen LogP contribution in [0.3, 0.4) is 0 Å². The molecule has 2 rings (SSSR count). The zero-order valence-corrected chi connectivity index (χ0v) is 10.4. The first-order chi connectivity index (χ1) is 9.25.